The lowest BCUT2D eigenvalue weighted by atomic mass is 10.1. The van der Waals surface area contributed by atoms with E-state index in [0.717, 1.165) is 26.1 Å². The van der Waals surface area contributed by atoms with Crippen LogP contribution in [0.3, 0.4) is 0 Å². The van der Waals surface area contributed by atoms with Crippen molar-refractivity contribution in [1.29, 1.82) is 0 Å². The maximum Gasteiger partial charge on any atom is 0.245 e. The zero-order valence-electron chi connectivity index (χ0n) is 14.4. The Morgan fingerprint density at radius 3 is 2.96 bits per heavy atom. The predicted octanol–water partition coefficient (Wildman–Crippen LogP) is 2.66. The van der Waals surface area contributed by atoms with Crippen molar-refractivity contribution in [2.45, 2.75) is 51.1 Å². The largest absolute Gasteiger partial charge is 0.339 e. The average molecular weight is 336 g/mol. The van der Waals surface area contributed by atoms with Gasteiger partial charge >= 0.3 is 0 Å². The van der Waals surface area contributed by atoms with Crippen molar-refractivity contribution in [3.63, 3.8) is 0 Å². The van der Waals surface area contributed by atoms with E-state index in [9.17, 15) is 4.79 Å². The van der Waals surface area contributed by atoms with Gasteiger partial charge in [-0.25, -0.2) is 0 Å². The Balaban J connectivity index is 1.74. The third-order valence-corrected chi connectivity index (χ3v) is 6.40. The monoisotopic (exact) mass is 335 g/mol. The minimum atomic E-state index is -0.159. The molecule has 0 spiro atoms. The summed E-state index contributed by atoms with van der Waals surface area (Å²) in [4.78, 5) is 19.0. The number of rotatable bonds is 4. The van der Waals surface area contributed by atoms with Crippen molar-refractivity contribution in [2.75, 3.05) is 33.2 Å². The first-order valence-corrected chi connectivity index (χ1v) is 9.89. The Bertz CT molecular complexity index is 530. The number of carbonyl (C=O) groups is 1. The highest BCUT2D eigenvalue weighted by Gasteiger charge is 2.33. The van der Waals surface area contributed by atoms with Gasteiger partial charge in [-0.05, 0) is 56.4 Å². The quantitative estimate of drug-likeness (QED) is 0.919. The molecular formula is C18H29N3OS. The van der Waals surface area contributed by atoms with Gasteiger partial charge < -0.3 is 10.2 Å². The van der Waals surface area contributed by atoms with Gasteiger partial charge in [-0.3, -0.25) is 9.69 Å². The second-order valence-electron chi connectivity index (χ2n) is 6.70. The lowest BCUT2D eigenvalue weighted by Gasteiger charge is -2.34. The molecule has 1 saturated heterocycles. The Morgan fingerprint density at radius 1 is 1.30 bits per heavy atom. The molecule has 1 aromatic rings. The van der Waals surface area contributed by atoms with Crippen LogP contribution in [0.1, 0.15) is 49.1 Å². The van der Waals surface area contributed by atoms with E-state index < -0.39 is 0 Å². The Hall–Kier alpha value is -0.910. The molecule has 0 saturated carbocycles. The van der Waals surface area contributed by atoms with E-state index in [2.05, 4.69) is 33.5 Å². The normalized spacial score (nSPS) is 26.7. The van der Waals surface area contributed by atoms with E-state index in [1.165, 1.54) is 42.7 Å². The number of fused-ring (bicyclic) bond motifs is 1. The van der Waals surface area contributed by atoms with Gasteiger partial charge in [0.05, 0.1) is 0 Å². The van der Waals surface area contributed by atoms with Crippen molar-refractivity contribution < 1.29 is 4.79 Å². The van der Waals surface area contributed by atoms with Crippen LogP contribution >= 0.6 is 11.3 Å². The number of amides is 1. The zero-order valence-corrected chi connectivity index (χ0v) is 15.2. The second kappa shape index (κ2) is 7.77. The zero-order chi connectivity index (χ0) is 16.2. The number of hydrogen-bond donors (Lipinski definition) is 1. The highest BCUT2D eigenvalue weighted by Crippen LogP contribution is 2.30. The van der Waals surface area contributed by atoms with Crippen molar-refractivity contribution >= 4 is 17.2 Å². The predicted molar refractivity (Wildman–Crippen MR) is 95.9 cm³/mol. The minimum absolute atomic E-state index is 0.159. The number of carbonyl (C=O) groups excluding carboxylic acids is 1. The van der Waals surface area contributed by atoms with Gasteiger partial charge in [-0.15, -0.1) is 11.3 Å². The Kier molecular flexibility index (Phi) is 5.72. The topological polar surface area (TPSA) is 35.6 Å². The molecule has 0 aliphatic carbocycles. The summed E-state index contributed by atoms with van der Waals surface area (Å²) in [5.74, 6) is 0.258. The van der Waals surface area contributed by atoms with Crippen LogP contribution in [-0.2, 0) is 11.2 Å². The number of nitrogens with one attached hydrogen (secondary N) is 1. The van der Waals surface area contributed by atoms with Gasteiger partial charge in [-0.2, -0.15) is 0 Å². The van der Waals surface area contributed by atoms with Gasteiger partial charge in [-0.1, -0.05) is 19.8 Å². The van der Waals surface area contributed by atoms with Crippen molar-refractivity contribution in [3.8, 4) is 0 Å². The number of likely N-dealkylation sites (tertiary alicyclic amines) is 1. The molecule has 2 aliphatic heterocycles. The molecule has 1 amide bonds. The number of hydrogen-bond acceptors (Lipinski definition) is 4. The SMILES string of the molecule is CCN1CCCCCC1CN1CCc2ccsc2C(NC)C1=O. The smallest absolute Gasteiger partial charge is 0.245 e. The molecule has 1 fully saturated rings. The molecule has 2 unspecified atom stereocenters. The van der Waals surface area contributed by atoms with E-state index in [0.29, 0.717) is 6.04 Å². The van der Waals surface area contributed by atoms with E-state index in [1.807, 2.05) is 7.05 Å². The highest BCUT2D eigenvalue weighted by molar-refractivity contribution is 7.10. The van der Waals surface area contributed by atoms with Crippen LogP contribution in [0.4, 0.5) is 0 Å². The first-order chi connectivity index (χ1) is 11.2. The Labute approximate surface area is 143 Å². The fourth-order valence-electron chi connectivity index (χ4n) is 4.02. The lowest BCUT2D eigenvalue weighted by Crippen LogP contribution is -2.48. The molecule has 0 radical (unpaired) electrons. The molecule has 3 rings (SSSR count). The fourth-order valence-corrected chi connectivity index (χ4v) is 5.07. The van der Waals surface area contributed by atoms with Gasteiger partial charge in [0.2, 0.25) is 5.91 Å². The molecule has 128 valence electrons. The van der Waals surface area contributed by atoms with E-state index in [1.54, 1.807) is 11.3 Å². The molecule has 1 aromatic heterocycles. The van der Waals surface area contributed by atoms with Crippen LogP contribution in [0.25, 0.3) is 0 Å². The van der Waals surface area contributed by atoms with E-state index in [-0.39, 0.29) is 11.9 Å². The van der Waals surface area contributed by atoms with Gasteiger partial charge in [0.25, 0.3) is 0 Å². The maximum absolute atomic E-state index is 13.0. The van der Waals surface area contributed by atoms with Crippen LogP contribution in [0.15, 0.2) is 11.4 Å². The maximum atomic E-state index is 13.0. The van der Waals surface area contributed by atoms with E-state index in [4.69, 9.17) is 0 Å². The molecule has 0 aromatic carbocycles. The summed E-state index contributed by atoms with van der Waals surface area (Å²) in [6, 6.07) is 2.55. The van der Waals surface area contributed by atoms with Crippen molar-refractivity contribution in [3.05, 3.63) is 21.9 Å². The summed E-state index contributed by atoms with van der Waals surface area (Å²) in [6.07, 6.45) is 6.14. The number of thiophene rings is 1. The van der Waals surface area contributed by atoms with Crippen LogP contribution in [0.2, 0.25) is 0 Å². The fraction of sp³-hybridized carbons (Fsp3) is 0.722. The standard InChI is InChI=1S/C18H29N3OS/c1-3-20-10-6-4-5-7-15(20)13-21-11-8-14-9-12-23-17(14)16(19-2)18(21)22/h9,12,15-16,19H,3-8,10-11,13H2,1-2H3. The lowest BCUT2D eigenvalue weighted by molar-refractivity contribution is -0.134. The van der Waals surface area contributed by atoms with Crippen LogP contribution in [-0.4, -0.2) is 55.0 Å². The molecule has 0 bridgehead atoms. The molecule has 5 heteroatoms. The van der Waals surface area contributed by atoms with Crippen molar-refractivity contribution in [2.24, 2.45) is 0 Å². The van der Waals surface area contributed by atoms with E-state index >= 15 is 0 Å². The van der Waals surface area contributed by atoms with Crippen LogP contribution in [0.5, 0.6) is 0 Å². The minimum Gasteiger partial charge on any atom is -0.339 e. The average Bonchev–Trinajstić information content (AvgIpc) is 2.84. The molecule has 2 aliphatic rings. The summed E-state index contributed by atoms with van der Waals surface area (Å²) < 4.78 is 0. The first kappa shape index (κ1) is 16.9. The Morgan fingerprint density at radius 2 is 2.17 bits per heavy atom. The van der Waals surface area contributed by atoms with Gasteiger partial charge in [0, 0.05) is 24.0 Å². The molecule has 1 N–H and O–H groups in total. The van der Waals surface area contributed by atoms with Crippen molar-refractivity contribution in [1.82, 2.24) is 15.1 Å². The third kappa shape index (κ3) is 3.62. The van der Waals surface area contributed by atoms with Crippen LogP contribution in [0, 0.1) is 0 Å². The number of likely N-dealkylation sites (N-methyl/N-ethyl adjacent to an activating group) is 2. The number of nitrogens with zero attached hydrogens (tertiary/aromatic N) is 2. The van der Waals surface area contributed by atoms with Gasteiger partial charge in [0.1, 0.15) is 6.04 Å². The molecular weight excluding hydrogens is 306 g/mol. The first-order valence-electron chi connectivity index (χ1n) is 9.01. The molecule has 2 atom stereocenters. The second-order valence-corrected chi connectivity index (χ2v) is 7.65. The molecule has 23 heavy (non-hydrogen) atoms. The third-order valence-electron chi connectivity index (χ3n) is 5.38. The van der Waals surface area contributed by atoms with Crippen LogP contribution < -0.4 is 5.32 Å². The summed E-state index contributed by atoms with van der Waals surface area (Å²) in [6.45, 7) is 6.27. The molecule has 3 heterocycles. The summed E-state index contributed by atoms with van der Waals surface area (Å²) in [5, 5.41) is 5.36. The molecule has 4 nitrogen and oxygen atoms in total. The van der Waals surface area contributed by atoms with Gasteiger partial charge in [0.15, 0.2) is 0 Å². The summed E-state index contributed by atoms with van der Waals surface area (Å²) in [7, 11) is 1.90. The summed E-state index contributed by atoms with van der Waals surface area (Å²) >= 11 is 1.71. The summed E-state index contributed by atoms with van der Waals surface area (Å²) in [5.41, 5.74) is 1.35. The highest BCUT2D eigenvalue weighted by atomic mass is 32.1.